The summed E-state index contributed by atoms with van der Waals surface area (Å²) in [6.45, 7) is 7.84. The van der Waals surface area contributed by atoms with E-state index < -0.39 is 21.8 Å². The van der Waals surface area contributed by atoms with Crippen molar-refractivity contribution in [3.63, 3.8) is 0 Å². The van der Waals surface area contributed by atoms with Crippen LogP contribution in [0.2, 0.25) is 0 Å². The van der Waals surface area contributed by atoms with Crippen LogP contribution in [0.5, 0.6) is 0 Å². The summed E-state index contributed by atoms with van der Waals surface area (Å²) in [4.78, 5) is 25.3. The van der Waals surface area contributed by atoms with Gasteiger partial charge in [0.2, 0.25) is 10.0 Å². The molecule has 2 atom stereocenters. The van der Waals surface area contributed by atoms with Crippen molar-refractivity contribution in [1.82, 2.24) is 4.31 Å². The Labute approximate surface area is 180 Å². The minimum absolute atomic E-state index is 0.112. The summed E-state index contributed by atoms with van der Waals surface area (Å²) in [7, 11) is -3.69. The summed E-state index contributed by atoms with van der Waals surface area (Å²) in [5.41, 5.74) is 6.74. The van der Waals surface area contributed by atoms with Crippen molar-refractivity contribution in [2.75, 3.05) is 18.4 Å². The molecule has 0 spiro atoms. The molecule has 2 unspecified atom stereocenters. The van der Waals surface area contributed by atoms with Crippen LogP contribution in [-0.4, -0.2) is 49.8 Å². The number of morpholine rings is 1. The van der Waals surface area contributed by atoms with Crippen molar-refractivity contribution < 1.29 is 22.7 Å². The molecule has 1 aromatic carbocycles. The lowest BCUT2D eigenvalue weighted by Crippen LogP contribution is -2.48. The zero-order chi connectivity index (χ0) is 22.2. The highest BCUT2D eigenvalue weighted by atomic mass is 32.2. The summed E-state index contributed by atoms with van der Waals surface area (Å²) in [6, 6.07) is 5.73. The molecule has 0 saturated carbocycles. The van der Waals surface area contributed by atoms with Crippen molar-refractivity contribution >= 4 is 38.2 Å². The summed E-state index contributed by atoms with van der Waals surface area (Å²) in [5.74, 6) is -1.06. The zero-order valence-corrected chi connectivity index (χ0v) is 18.9. The molecule has 1 aromatic heterocycles. The van der Waals surface area contributed by atoms with Crippen LogP contribution in [0.1, 0.15) is 45.0 Å². The number of anilines is 1. The maximum atomic E-state index is 12.9. The van der Waals surface area contributed by atoms with Crippen LogP contribution >= 0.6 is 11.3 Å². The number of benzene rings is 1. The van der Waals surface area contributed by atoms with Gasteiger partial charge in [0.05, 0.1) is 22.7 Å². The SMILES string of the molecule is Cc1sc(NC(=O)c2ccc(S(=O)(=O)N3CC(C)OC(C)C3)cc2)c(C(N)=O)c1C. The van der Waals surface area contributed by atoms with Crippen LogP contribution in [0.25, 0.3) is 0 Å². The van der Waals surface area contributed by atoms with E-state index in [1.165, 1.54) is 39.9 Å². The second-order valence-corrected chi connectivity index (χ2v) is 10.6. The van der Waals surface area contributed by atoms with Gasteiger partial charge in [-0.2, -0.15) is 4.31 Å². The third-order valence-corrected chi connectivity index (χ3v) is 7.97. The van der Waals surface area contributed by atoms with Crippen LogP contribution < -0.4 is 11.1 Å². The van der Waals surface area contributed by atoms with E-state index in [1.807, 2.05) is 20.8 Å². The first-order valence-corrected chi connectivity index (χ1v) is 11.7. The smallest absolute Gasteiger partial charge is 0.256 e. The van der Waals surface area contributed by atoms with Crippen molar-refractivity contribution in [1.29, 1.82) is 0 Å². The summed E-state index contributed by atoms with van der Waals surface area (Å²) in [6.07, 6.45) is -0.378. The highest BCUT2D eigenvalue weighted by Gasteiger charge is 2.32. The normalized spacial score (nSPS) is 20.1. The number of rotatable bonds is 5. The number of aryl methyl sites for hydroxylation is 1. The number of primary amides is 1. The van der Waals surface area contributed by atoms with E-state index in [1.54, 1.807) is 6.92 Å². The number of carbonyl (C=O) groups excluding carboxylic acids is 2. The second-order valence-electron chi connectivity index (χ2n) is 7.41. The van der Waals surface area contributed by atoms with Gasteiger partial charge in [0.15, 0.2) is 0 Å². The number of nitrogens with one attached hydrogen (secondary N) is 1. The lowest BCUT2D eigenvalue weighted by molar-refractivity contribution is -0.0440. The number of amides is 2. The minimum atomic E-state index is -3.69. The first kappa shape index (κ1) is 22.4. The van der Waals surface area contributed by atoms with Crippen molar-refractivity contribution in [2.45, 2.75) is 44.8 Å². The van der Waals surface area contributed by atoms with Gasteiger partial charge in [-0.1, -0.05) is 0 Å². The third-order valence-electron chi connectivity index (χ3n) is 5.00. The maximum Gasteiger partial charge on any atom is 0.256 e. The number of thiophene rings is 1. The molecular weight excluding hydrogens is 426 g/mol. The molecule has 30 heavy (non-hydrogen) atoms. The molecule has 3 N–H and O–H groups in total. The number of nitrogens with two attached hydrogens (primary N) is 1. The van der Waals surface area contributed by atoms with Crippen LogP contribution in [0.15, 0.2) is 29.2 Å². The molecule has 0 radical (unpaired) electrons. The molecule has 2 heterocycles. The first-order valence-electron chi connectivity index (χ1n) is 9.47. The van der Waals surface area contributed by atoms with Gasteiger partial charge in [0, 0.05) is 23.5 Å². The average molecular weight is 452 g/mol. The highest BCUT2D eigenvalue weighted by molar-refractivity contribution is 7.89. The molecule has 3 rings (SSSR count). The van der Waals surface area contributed by atoms with E-state index in [0.29, 0.717) is 10.6 Å². The van der Waals surface area contributed by atoms with Gasteiger partial charge in [0.25, 0.3) is 11.8 Å². The molecule has 1 aliphatic rings. The molecule has 0 aliphatic carbocycles. The largest absolute Gasteiger partial charge is 0.373 e. The molecular formula is C20H25N3O5S2. The Bertz CT molecular complexity index is 1070. The fourth-order valence-electron chi connectivity index (χ4n) is 3.44. The fourth-order valence-corrected chi connectivity index (χ4v) is 6.09. The fraction of sp³-hybridized carbons (Fsp3) is 0.400. The Balaban J connectivity index is 1.80. The van der Waals surface area contributed by atoms with E-state index in [9.17, 15) is 18.0 Å². The molecule has 1 fully saturated rings. The van der Waals surface area contributed by atoms with Gasteiger partial charge in [-0.05, 0) is 57.5 Å². The van der Waals surface area contributed by atoms with Crippen LogP contribution in [0, 0.1) is 13.8 Å². The molecule has 2 amide bonds. The van der Waals surface area contributed by atoms with Crippen LogP contribution in [0.4, 0.5) is 5.00 Å². The number of hydrogen-bond acceptors (Lipinski definition) is 6. The van der Waals surface area contributed by atoms with E-state index >= 15 is 0 Å². The number of sulfonamides is 1. The topological polar surface area (TPSA) is 119 Å². The number of carbonyl (C=O) groups is 2. The Hall–Kier alpha value is -2.27. The van der Waals surface area contributed by atoms with Crippen LogP contribution in [0.3, 0.4) is 0 Å². The molecule has 8 nitrogen and oxygen atoms in total. The van der Waals surface area contributed by atoms with Crippen molar-refractivity contribution in [2.24, 2.45) is 5.73 Å². The predicted molar refractivity (Wildman–Crippen MR) is 115 cm³/mol. The molecule has 0 bridgehead atoms. The van der Waals surface area contributed by atoms with Gasteiger partial charge < -0.3 is 15.8 Å². The number of hydrogen-bond donors (Lipinski definition) is 2. The predicted octanol–water partition coefficient (Wildman–Crippen LogP) is 2.51. The van der Waals surface area contributed by atoms with Crippen molar-refractivity contribution in [3.8, 4) is 0 Å². The quantitative estimate of drug-likeness (QED) is 0.724. The maximum absolute atomic E-state index is 12.9. The summed E-state index contributed by atoms with van der Waals surface area (Å²) >= 11 is 1.27. The second kappa shape index (κ2) is 8.46. The molecule has 162 valence electrons. The van der Waals surface area contributed by atoms with Gasteiger partial charge in [-0.25, -0.2) is 8.42 Å². The van der Waals surface area contributed by atoms with Gasteiger partial charge in [-0.3, -0.25) is 9.59 Å². The highest BCUT2D eigenvalue weighted by Crippen LogP contribution is 2.32. The lowest BCUT2D eigenvalue weighted by Gasteiger charge is -2.34. The zero-order valence-electron chi connectivity index (χ0n) is 17.3. The standard InChI is InChI=1S/C20H25N3O5S2/c1-11-9-23(10-12(2)28-11)30(26,27)16-7-5-15(6-8-16)19(25)22-20-17(18(21)24)13(3)14(4)29-20/h5-8,11-12H,9-10H2,1-4H3,(H2,21,24)(H,22,25). The Morgan fingerprint density at radius 3 is 2.23 bits per heavy atom. The minimum Gasteiger partial charge on any atom is -0.373 e. The average Bonchev–Trinajstić information content (AvgIpc) is 2.94. The lowest BCUT2D eigenvalue weighted by atomic mass is 10.1. The van der Waals surface area contributed by atoms with E-state index in [2.05, 4.69) is 5.32 Å². The van der Waals surface area contributed by atoms with E-state index in [-0.39, 0.29) is 35.8 Å². The number of ether oxygens (including phenoxy) is 1. The summed E-state index contributed by atoms with van der Waals surface area (Å²) < 4.78 is 32.9. The van der Waals surface area contributed by atoms with Gasteiger partial charge in [0.1, 0.15) is 5.00 Å². The molecule has 1 aliphatic heterocycles. The third kappa shape index (κ3) is 4.41. The molecule has 2 aromatic rings. The Morgan fingerprint density at radius 1 is 1.13 bits per heavy atom. The van der Waals surface area contributed by atoms with Crippen LogP contribution in [-0.2, 0) is 14.8 Å². The first-order chi connectivity index (χ1) is 14.0. The van der Waals surface area contributed by atoms with E-state index in [0.717, 1.165) is 10.4 Å². The molecule has 10 heteroatoms. The number of nitrogens with zero attached hydrogens (tertiary/aromatic N) is 1. The monoisotopic (exact) mass is 451 g/mol. The van der Waals surface area contributed by atoms with Gasteiger partial charge in [-0.15, -0.1) is 11.3 Å². The Morgan fingerprint density at radius 2 is 1.70 bits per heavy atom. The van der Waals surface area contributed by atoms with E-state index in [4.69, 9.17) is 10.5 Å². The summed E-state index contributed by atoms with van der Waals surface area (Å²) in [5, 5.41) is 3.09. The van der Waals surface area contributed by atoms with Gasteiger partial charge >= 0.3 is 0 Å². The Kier molecular flexibility index (Phi) is 6.32. The molecule has 1 saturated heterocycles. The van der Waals surface area contributed by atoms with Crippen molar-refractivity contribution in [3.05, 3.63) is 45.8 Å².